The van der Waals surface area contributed by atoms with E-state index in [1.54, 1.807) is 0 Å². The molecule has 0 fully saturated rings. The standard InChI is InChI=1S/C58H39N/c1-3-19-43(20-4-1)57-53-29-12-11-28-51(53)52-38-35-45(39-54(52)58(57)44-21-5-2-6-22-44)50-27-13-14-31-55(50)59(56-32-16-24-41-18-8-10-26-49(41)56)46-36-33-42(34-37-46)48-30-15-23-40-17-7-9-25-47(40)48/h1-39H. The summed E-state index contributed by atoms with van der Waals surface area (Å²) in [6.45, 7) is 0. The number of rotatable bonds is 7. The lowest BCUT2D eigenvalue weighted by atomic mass is 9.84. The molecule has 59 heavy (non-hydrogen) atoms. The molecule has 0 atom stereocenters. The lowest BCUT2D eigenvalue weighted by Crippen LogP contribution is -2.11. The maximum absolute atomic E-state index is 2.45. The second-order valence-corrected chi connectivity index (χ2v) is 15.2. The van der Waals surface area contributed by atoms with Crippen molar-refractivity contribution in [2.24, 2.45) is 0 Å². The molecule has 0 bridgehead atoms. The summed E-state index contributed by atoms with van der Waals surface area (Å²) in [6, 6.07) is 86.3. The molecule has 1 heteroatoms. The minimum Gasteiger partial charge on any atom is -0.309 e. The van der Waals surface area contributed by atoms with Crippen molar-refractivity contribution in [1.29, 1.82) is 0 Å². The average Bonchev–Trinajstić information content (AvgIpc) is 3.32. The average molecular weight is 750 g/mol. The Balaban J connectivity index is 1.15. The van der Waals surface area contributed by atoms with Crippen LogP contribution in [0.25, 0.3) is 87.6 Å². The first-order valence-electron chi connectivity index (χ1n) is 20.3. The molecular formula is C58H39N. The van der Waals surface area contributed by atoms with E-state index in [0.717, 1.165) is 28.2 Å². The molecule has 0 aliphatic carbocycles. The van der Waals surface area contributed by atoms with Crippen molar-refractivity contribution >= 4 is 60.2 Å². The molecule has 1 nitrogen and oxygen atoms in total. The van der Waals surface area contributed by atoms with Gasteiger partial charge in [-0.2, -0.15) is 0 Å². The zero-order chi connectivity index (χ0) is 39.1. The number of hydrogen-bond donors (Lipinski definition) is 0. The van der Waals surface area contributed by atoms with Gasteiger partial charge in [-0.3, -0.25) is 0 Å². The van der Waals surface area contributed by atoms with Crippen molar-refractivity contribution < 1.29 is 0 Å². The van der Waals surface area contributed by atoms with Crippen molar-refractivity contribution in [2.75, 3.05) is 4.90 Å². The number of anilines is 3. The van der Waals surface area contributed by atoms with Gasteiger partial charge in [-0.15, -0.1) is 0 Å². The summed E-state index contributed by atoms with van der Waals surface area (Å²) in [7, 11) is 0. The van der Waals surface area contributed by atoms with Gasteiger partial charge in [-0.1, -0.05) is 206 Å². The molecular weight excluding hydrogens is 711 g/mol. The van der Waals surface area contributed by atoms with E-state index < -0.39 is 0 Å². The van der Waals surface area contributed by atoms with E-state index in [0.29, 0.717) is 0 Å². The van der Waals surface area contributed by atoms with E-state index in [1.165, 1.54) is 76.5 Å². The van der Waals surface area contributed by atoms with E-state index in [-0.39, 0.29) is 0 Å². The lowest BCUT2D eigenvalue weighted by Gasteiger charge is -2.29. The van der Waals surface area contributed by atoms with Crippen molar-refractivity contribution in [2.45, 2.75) is 0 Å². The summed E-state index contributed by atoms with van der Waals surface area (Å²) in [4.78, 5) is 2.45. The van der Waals surface area contributed by atoms with Gasteiger partial charge in [0.15, 0.2) is 0 Å². The van der Waals surface area contributed by atoms with Crippen molar-refractivity contribution in [1.82, 2.24) is 0 Å². The van der Waals surface area contributed by atoms with Crippen molar-refractivity contribution in [3.05, 3.63) is 237 Å². The molecule has 11 aromatic carbocycles. The minimum absolute atomic E-state index is 1.10. The highest BCUT2D eigenvalue weighted by Crippen LogP contribution is 2.48. The minimum atomic E-state index is 1.10. The molecule has 0 aliphatic heterocycles. The fourth-order valence-electron chi connectivity index (χ4n) is 9.16. The van der Waals surface area contributed by atoms with Crippen LogP contribution in [0.3, 0.4) is 0 Å². The SMILES string of the molecule is c1ccc(-c2c(-c3ccccc3)c3cc(-c4ccccc4N(c4ccc(-c5cccc6ccccc56)cc4)c4cccc5ccccc45)ccc3c3ccccc23)cc1. The van der Waals surface area contributed by atoms with Crippen LogP contribution in [-0.4, -0.2) is 0 Å². The third-order valence-electron chi connectivity index (χ3n) is 11.8. The molecule has 0 aromatic heterocycles. The number of nitrogens with zero attached hydrogens (tertiary/aromatic N) is 1. The normalized spacial score (nSPS) is 11.4. The van der Waals surface area contributed by atoms with Gasteiger partial charge in [0.05, 0.1) is 11.4 Å². The Morgan fingerprint density at radius 1 is 0.237 bits per heavy atom. The summed E-state index contributed by atoms with van der Waals surface area (Å²) in [5.41, 5.74) is 13.0. The van der Waals surface area contributed by atoms with Crippen LogP contribution in [0.4, 0.5) is 17.1 Å². The van der Waals surface area contributed by atoms with E-state index in [1.807, 2.05) is 0 Å². The summed E-state index contributed by atoms with van der Waals surface area (Å²) in [6.07, 6.45) is 0. The van der Waals surface area contributed by atoms with Crippen LogP contribution in [0.1, 0.15) is 0 Å². The molecule has 0 unspecified atom stereocenters. The third kappa shape index (κ3) is 6.04. The Morgan fingerprint density at radius 3 is 1.44 bits per heavy atom. The van der Waals surface area contributed by atoms with Gasteiger partial charge < -0.3 is 4.90 Å². The number of para-hydroxylation sites is 1. The topological polar surface area (TPSA) is 3.24 Å². The summed E-state index contributed by atoms with van der Waals surface area (Å²) >= 11 is 0. The molecule has 0 heterocycles. The molecule has 0 aliphatic rings. The Bertz CT molecular complexity index is 3300. The van der Waals surface area contributed by atoms with E-state index in [9.17, 15) is 0 Å². The van der Waals surface area contributed by atoms with Gasteiger partial charge in [0.2, 0.25) is 0 Å². The van der Waals surface area contributed by atoms with Crippen molar-refractivity contribution in [3.8, 4) is 44.5 Å². The smallest absolute Gasteiger partial charge is 0.0540 e. The Hall–Kier alpha value is -7.74. The predicted octanol–water partition coefficient (Wildman–Crippen LogP) is 16.4. The van der Waals surface area contributed by atoms with Crippen LogP contribution in [0.5, 0.6) is 0 Å². The van der Waals surface area contributed by atoms with Crippen LogP contribution in [-0.2, 0) is 0 Å². The van der Waals surface area contributed by atoms with E-state index in [2.05, 4.69) is 241 Å². The Morgan fingerprint density at radius 2 is 0.712 bits per heavy atom. The first-order chi connectivity index (χ1) is 29.3. The summed E-state index contributed by atoms with van der Waals surface area (Å²) < 4.78 is 0. The van der Waals surface area contributed by atoms with Crippen LogP contribution in [0, 0.1) is 0 Å². The lowest BCUT2D eigenvalue weighted by molar-refractivity contribution is 1.30. The molecule has 0 radical (unpaired) electrons. The van der Waals surface area contributed by atoms with E-state index in [4.69, 9.17) is 0 Å². The third-order valence-corrected chi connectivity index (χ3v) is 11.8. The summed E-state index contributed by atoms with van der Waals surface area (Å²) in [5, 5.41) is 9.90. The zero-order valence-corrected chi connectivity index (χ0v) is 32.5. The fourth-order valence-corrected chi connectivity index (χ4v) is 9.16. The van der Waals surface area contributed by atoms with Gasteiger partial charge in [0.1, 0.15) is 0 Å². The molecule has 0 spiro atoms. The highest BCUT2D eigenvalue weighted by atomic mass is 15.1. The number of fused-ring (bicyclic) bond motifs is 5. The van der Waals surface area contributed by atoms with Gasteiger partial charge in [-0.05, 0) is 107 Å². The molecule has 11 rings (SSSR count). The second kappa shape index (κ2) is 14.6. The monoisotopic (exact) mass is 749 g/mol. The highest BCUT2D eigenvalue weighted by molar-refractivity contribution is 6.22. The van der Waals surface area contributed by atoms with Crippen LogP contribution in [0.2, 0.25) is 0 Å². The Kier molecular flexibility index (Phi) is 8.56. The first-order valence-corrected chi connectivity index (χ1v) is 20.3. The molecule has 0 saturated heterocycles. The van der Waals surface area contributed by atoms with Crippen LogP contribution >= 0.6 is 0 Å². The number of hydrogen-bond acceptors (Lipinski definition) is 1. The van der Waals surface area contributed by atoms with Crippen LogP contribution in [0.15, 0.2) is 237 Å². The zero-order valence-electron chi connectivity index (χ0n) is 32.5. The van der Waals surface area contributed by atoms with Gasteiger partial charge in [-0.25, -0.2) is 0 Å². The van der Waals surface area contributed by atoms with Crippen molar-refractivity contribution in [3.63, 3.8) is 0 Å². The van der Waals surface area contributed by atoms with Gasteiger partial charge in [0, 0.05) is 16.6 Å². The maximum atomic E-state index is 2.45. The first kappa shape index (κ1) is 34.5. The quantitative estimate of drug-likeness (QED) is 0.147. The molecule has 11 aromatic rings. The molecule has 276 valence electrons. The molecule has 0 amide bonds. The Labute approximate surface area is 344 Å². The van der Waals surface area contributed by atoms with Crippen LogP contribution < -0.4 is 4.90 Å². The molecule has 0 N–H and O–H groups in total. The number of benzene rings is 11. The maximum Gasteiger partial charge on any atom is 0.0540 e. The molecule has 0 saturated carbocycles. The largest absolute Gasteiger partial charge is 0.309 e. The fraction of sp³-hybridized carbons (Fsp3) is 0. The predicted molar refractivity (Wildman–Crippen MR) is 253 cm³/mol. The van der Waals surface area contributed by atoms with E-state index >= 15 is 0 Å². The van der Waals surface area contributed by atoms with Gasteiger partial charge >= 0.3 is 0 Å². The van der Waals surface area contributed by atoms with Gasteiger partial charge in [0.25, 0.3) is 0 Å². The highest BCUT2D eigenvalue weighted by Gasteiger charge is 2.22. The summed E-state index contributed by atoms with van der Waals surface area (Å²) in [5.74, 6) is 0. The second-order valence-electron chi connectivity index (χ2n) is 15.2.